The van der Waals surface area contributed by atoms with Crippen molar-refractivity contribution < 1.29 is 0 Å². The number of nitrogens with two attached hydrogens (primary N) is 1. The summed E-state index contributed by atoms with van der Waals surface area (Å²) >= 11 is 0. The van der Waals surface area contributed by atoms with Crippen molar-refractivity contribution in [2.24, 2.45) is 18.2 Å². The lowest BCUT2D eigenvalue weighted by Crippen LogP contribution is -2.33. The summed E-state index contributed by atoms with van der Waals surface area (Å²) in [4.78, 5) is 4.39. The van der Waals surface area contributed by atoms with Crippen LogP contribution < -0.4 is 5.73 Å². The maximum absolute atomic E-state index is 6.41. The minimum absolute atomic E-state index is 0.102. The third-order valence-corrected chi connectivity index (χ3v) is 4.10. The van der Waals surface area contributed by atoms with E-state index in [2.05, 4.69) is 16.5 Å². The van der Waals surface area contributed by atoms with Crippen LogP contribution in [0.5, 0.6) is 0 Å². The predicted octanol–water partition coefficient (Wildman–Crippen LogP) is 2.39. The molecule has 0 aliphatic heterocycles. The van der Waals surface area contributed by atoms with Gasteiger partial charge in [0.25, 0.3) is 0 Å². The van der Waals surface area contributed by atoms with E-state index < -0.39 is 0 Å². The molecule has 1 atom stereocenters. The molecule has 0 amide bonds. The molecular formula is C12H21N3. The summed E-state index contributed by atoms with van der Waals surface area (Å²) in [5.41, 5.74) is 6.71. The monoisotopic (exact) mass is 207 g/mol. The van der Waals surface area contributed by atoms with Gasteiger partial charge >= 0.3 is 0 Å². The van der Waals surface area contributed by atoms with Crippen molar-refractivity contribution in [2.45, 2.75) is 45.1 Å². The summed E-state index contributed by atoms with van der Waals surface area (Å²) in [6.07, 6.45) is 10.2. The van der Waals surface area contributed by atoms with Crippen LogP contribution in [0.15, 0.2) is 12.4 Å². The van der Waals surface area contributed by atoms with Crippen molar-refractivity contribution in [3.8, 4) is 0 Å². The van der Waals surface area contributed by atoms with Crippen molar-refractivity contribution in [1.29, 1.82) is 0 Å². The largest absolute Gasteiger partial charge is 0.337 e. The van der Waals surface area contributed by atoms with E-state index in [4.69, 9.17) is 5.73 Å². The van der Waals surface area contributed by atoms with E-state index >= 15 is 0 Å². The highest BCUT2D eigenvalue weighted by atomic mass is 15.1. The molecule has 0 spiro atoms. The van der Waals surface area contributed by atoms with Crippen LogP contribution in [0, 0.1) is 5.41 Å². The van der Waals surface area contributed by atoms with E-state index in [-0.39, 0.29) is 6.04 Å². The third kappa shape index (κ3) is 1.69. The van der Waals surface area contributed by atoms with Crippen LogP contribution in [0.4, 0.5) is 0 Å². The summed E-state index contributed by atoms with van der Waals surface area (Å²) in [5.74, 6) is 1.04. The molecule has 1 aliphatic rings. The molecule has 1 fully saturated rings. The molecule has 0 saturated heterocycles. The van der Waals surface area contributed by atoms with Crippen LogP contribution >= 0.6 is 0 Å². The molecule has 1 aliphatic carbocycles. The fourth-order valence-electron chi connectivity index (χ4n) is 2.91. The molecule has 1 saturated carbocycles. The Balaban J connectivity index is 2.26. The molecule has 1 unspecified atom stereocenters. The number of hydrogen-bond donors (Lipinski definition) is 1. The second-order valence-electron chi connectivity index (χ2n) is 4.80. The lowest BCUT2D eigenvalue weighted by molar-refractivity contribution is 0.212. The lowest BCUT2D eigenvalue weighted by atomic mass is 9.76. The van der Waals surface area contributed by atoms with Gasteiger partial charge in [-0.2, -0.15) is 0 Å². The molecule has 1 heterocycles. The van der Waals surface area contributed by atoms with E-state index in [0.29, 0.717) is 5.41 Å². The van der Waals surface area contributed by atoms with Gasteiger partial charge < -0.3 is 10.3 Å². The highest BCUT2D eigenvalue weighted by Crippen LogP contribution is 2.48. The number of rotatable bonds is 3. The summed E-state index contributed by atoms with van der Waals surface area (Å²) in [5, 5.41) is 0. The second-order valence-corrected chi connectivity index (χ2v) is 4.80. The van der Waals surface area contributed by atoms with E-state index in [1.807, 2.05) is 19.4 Å². The van der Waals surface area contributed by atoms with Crippen LogP contribution in [0.25, 0.3) is 0 Å². The number of nitrogens with zero attached hydrogens (tertiary/aromatic N) is 2. The Hall–Kier alpha value is -0.830. The van der Waals surface area contributed by atoms with E-state index in [9.17, 15) is 0 Å². The van der Waals surface area contributed by atoms with Crippen molar-refractivity contribution in [1.82, 2.24) is 9.55 Å². The van der Waals surface area contributed by atoms with Crippen molar-refractivity contribution >= 4 is 0 Å². The van der Waals surface area contributed by atoms with Crippen molar-refractivity contribution in [3.05, 3.63) is 18.2 Å². The Labute approximate surface area is 91.7 Å². The molecule has 3 nitrogen and oxygen atoms in total. The minimum atomic E-state index is 0.102. The average Bonchev–Trinajstić information content (AvgIpc) is 2.86. The first kappa shape index (κ1) is 10.7. The first-order valence-corrected chi connectivity index (χ1v) is 5.92. The Bertz CT molecular complexity index is 323. The number of hydrogen-bond acceptors (Lipinski definition) is 2. The molecule has 15 heavy (non-hydrogen) atoms. The summed E-state index contributed by atoms with van der Waals surface area (Å²) in [6, 6.07) is 0.102. The second kappa shape index (κ2) is 3.97. The van der Waals surface area contributed by atoms with Gasteiger partial charge in [0.1, 0.15) is 5.82 Å². The molecule has 2 N–H and O–H groups in total. The zero-order valence-electron chi connectivity index (χ0n) is 9.74. The molecule has 84 valence electrons. The number of aromatic nitrogens is 2. The molecule has 1 aromatic heterocycles. The zero-order valence-corrected chi connectivity index (χ0v) is 9.74. The van der Waals surface area contributed by atoms with Gasteiger partial charge in [-0.25, -0.2) is 4.98 Å². The fraction of sp³-hybridized carbons (Fsp3) is 0.750. The highest BCUT2D eigenvalue weighted by Gasteiger charge is 2.40. The van der Waals surface area contributed by atoms with Crippen LogP contribution in [0.2, 0.25) is 0 Å². The zero-order chi connectivity index (χ0) is 10.9. The first-order chi connectivity index (χ1) is 7.19. The van der Waals surface area contributed by atoms with Gasteiger partial charge in [-0.15, -0.1) is 0 Å². The lowest BCUT2D eigenvalue weighted by Gasteiger charge is -2.33. The maximum atomic E-state index is 6.41. The predicted molar refractivity (Wildman–Crippen MR) is 61.3 cm³/mol. The standard InChI is InChI=1S/C12H21N3/c1-3-12(6-4-5-7-12)10(13)11-14-8-9-15(11)2/h8-10H,3-7,13H2,1-2H3. The Morgan fingerprint density at radius 1 is 1.53 bits per heavy atom. The van der Waals surface area contributed by atoms with Gasteiger partial charge in [0.2, 0.25) is 0 Å². The summed E-state index contributed by atoms with van der Waals surface area (Å²) < 4.78 is 2.06. The maximum Gasteiger partial charge on any atom is 0.125 e. The van der Waals surface area contributed by atoms with Crippen LogP contribution in [-0.2, 0) is 7.05 Å². The van der Waals surface area contributed by atoms with Gasteiger partial charge in [-0.3, -0.25) is 0 Å². The Morgan fingerprint density at radius 2 is 2.20 bits per heavy atom. The molecule has 0 aromatic carbocycles. The Morgan fingerprint density at radius 3 is 2.67 bits per heavy atom. The molecule has 0 bridgehead atoms. The molecule has 2 rings (SSSR count). The minimum Gasteiger partial charge on any atom is -0.337 e. The number of aryl methyl sites for hydroxylation is 1. The first-order valence-electron chi connectivity index (χ1n) is 5.92. The smallest absolute Gasteiger partial charge is 0.125 e. The van der Waals surface area contributed by atoms with E-state index in [1.165, 1.54) is 32.1 Å². The normalized spacial score (nSPS) is 21.8. The van der Waals surface area contributed by atoms with Gasteiger partial charge in [0.05, 0.1) is 6.04 Å². The van der Waals surface area contributed by atoms with E-state index in [1.54, 1.807) is 0 Å². The number of imidazole rings is 1. The molecule has 1 aromatic rings. The van der Waals surface area contributed by atoms with Crippen LogP contribution in [0.1, 0.15) is 50.9 Å². The van der Waals surface area contributed by atoms with Crippen LogP contribution in [-0.4, -0.2) is 9.55 Å². The molecular weight excluding hydrogens is 186 g/mol. The van der Waals surface area contributed by atoms with Gasteiger partial charge in [0, 0.05) is 19.4 Å². The topological polar surface area (TPSA) is 43.8 Å². The van der Waals surface area contributed by atoms with Crippen molar-refractivity contribution in [3.63, 3.8) is 0 Å². The van der Waals surface area contributed by atoms with Gasteiger partial charge in [0.15, 0.2) is 0 Å². The molecule has 0 radical (unpaired) electrons. The van der Waals surface area contributed by atoms with Gasteiger partial charge in [-0.1, -0.05) is 19.8 Å². The quantitative estimate of drug-likeness (QED) is 0.827. The van der Waals surface area contributed by atoms with E-state index in [0.717, 1.165) is 5.82 Å². The van der Waals surface area contributed by atoms with Crippen LogP contribution in [0.3, 0.4) is 0 Å². The molecule has 3 heteroatoms. The summed E-state index contributed by atoms with van der Waals surface area (Å²) in [6.45, 7) is 2.26. The van der Waals surface area contributed by atoms with Crippen molar-refractivity contribution in [2.75, 3.05) is 0 Å². The highest BCUT2D eigenvalue weighted by molar-refractivity contribution is 5.06. The van der Waals surface area contributed by atoms with Gasteiger partial charge in [-0.05, 0) is 24.7 Å². The summed E-state index contributed by atoms with van der Waals surface area (Å²) in [7, 11) is 2.03. The Kier molecular flexibility index (Phi) is 2.83. The fourth-order valence-corrected chi connectivity index (χ4v) is 2.91. The SMILES string of the molecule is CCC1(C(N)c2nccn2C)CCCC1. The average molecular weight is 207 g/mol. The third-order valence-electron chi connectivity index (χ3n) is 4.10.